The Morgan fingerprint density at radius 2 is 1.47 bits per heavy atom. The number of H-pyrrole nitrogens is 1. The Kier molecular flexibility index (Phi) is 7.07. The van der Waals surface area contributed by atoms with Crippen molar-refractivity contribution in [3.63, 3.8) is 0 Å². The molecular weight excluding hydrogens is 472 g/mol. The Labute approximate surface area is 222 Å². The van der Waals surface area contributed by atoms with Crippen molar-refractivity contribution in [3.05, 3.63) is 114 Å². The highest BCUT2D eigenvalue weighted by molar-refractivity contribution is 6.22. The van der Waals surface area contributed by atoms with E-state index in [4.69, 9.17) is 4.99 Å². The molecule has 0 saturated carbocycles. The maximum absolute atomic E-state index is 12.5. The van der Waals surface area contributed by atoms with Gasteiger partial charge in [0.2, 0.25) is 5.91 Å². The van der Waals surface area contributed by atoms with E-state index in [1.807, 2.05) is 104 Å². The standard InChI is InChI=1S/C32H30N4O2/c1-35(2)21-29(37)36(3)26-17-15-25(16-18-26)33-31(23-12-8-5-9-13-23)30-27-19-14-24(20-28(27)34-32(30)38)22-10-6-4-7-11-22/h4-20,34,38H,21H2,1-3H3. The van der Waals surface area contributed by atoms with E-state index in [0.29, 0.717) is 17.8 Å². The van der Waals surface area contributed by atoms with Crippen molar-refractivity contribution >= 4 is 33.9 Å². The molecular formula is C32H30N4O2. The number of benzene rings is 4. The van der Waals surface area contributed by atoms with Crippen LogP contribution in [0.15, 0.2) is 108 Å². The molecule has 6 nitrogen and oxygen atoms in total. The smallest absolute Gasteiger partial charge is 0.240 e. The second kappa shape index (κ2) is 10.7. The van der Waals surface area contributed by atoms with Crippen LogP contribution in [0.2, 0.25) is 0 Å². The van der Waals surface area contributed by atoms with Crippen LogP contribution in [-0.2, 0) is 4.79 Å². The van der Waals surface area contributed by atoms with Crippen LogP contribution in [0.25, 0.3) is 22.0 Å². The fourth-order valence-corrected chi connectivity index (χ4v) is 4.49. The highest BCUT2D eigenvalue weighted by atomic mass is 16.3. The van der Waals surface area contributed by atoms with Crippen molar-refractivity contribution in [2.24, 2.45) is 4.99 Å². The Bertz CT molecular complexity index is 1590. The summed E-state index contributed by atoms with van der Waals surface area (Å²) in [6.45, 7) is 0.334. The first-order valence-corrected chi connectivity index (χ1v) is 12.5. The molecule has 0 saturated heterocycles. The normalized spacial score (nSPS) is 11.7. The molecule has 0 aliphatic carbocycles. The summed E-state index contributed by atoms with van der Waals surface area (Å²) in [4.78, 5) is 24.1. The zero-order valence-electron chi connectivity index (χ0n) is 21.7. The first kappa shape index (κ1) is 25.0. The molecule has 0 atom stereocenters. The predicted octanol–water partition coefficient (Wildman–Crippen LogP) is 6.23. The maximum atomic E-state index is 12.5. The van der Waals surface area contributed by atoms with Crippen molar-refractivity contribution < 1.29 is 9.90 Å². The molecule has 0 aliphatic rings. The van der Waals surface area contributed by atoms with Gasteiger partial charge in [-0.25, -0.2) is 4.99 Å². The first-order valence-electron chi connectivity index (χ1n) is 12.5. The van der Waals surface area contributed by atoms with Crippen molar-refractivity contribution in [1.82, 2.24) is 9.88 Å². The van der Waals surface area contributed by atoms with Crippen LogP contribution >= 0.6 is 0 Å². The van der Waals surface area contributed by atoms with Gasteiger partial charge in [0.1, 0.15) is 0 Å². The van der Waals surface area contributed by atoms with E-state index in [0.717, 1.165) is 39.0 Å². The molecule has 0 fully saturated rings. The molecule has 2 N–H and O–H groups in total. The van der Waals surface area contributed by atoms with E-state index in [1.165, 1.54) is 0 Å². The van der Waals surface area contributed by atoms with Gasteiger partial charge in [-0.1, -0.05) is 72.8 Å². The van der Waals surface area contributed by atoms with Gasteiger partial charge in [0.25, 0.3) is 0 Å². The van der Waals surface area contributed by atoms with Gasteiger partial charge in [0.15, 0.2) is 5.88 Å². The molecule has 4 aromatic carbocycles. The highest BCUT2D eigenvalue weighted by Crippen LogP contribution is 2.34. The van der Waals surface area contributed by atoms with Crippen molar-refractivity contribution in [2.75, 3.05) is 32.6 Å². The molecule has 0 spiro atoms. The maximum Gasteiger partial charge on any atom is 0.240 e. The number of amides is 1. The highest BCUT2D eigenvalue weighted by Gasteiger charge is 2.19. The summed E-state index contributed by atoms with van der Waals surface area (Å²) in [5.41, 5.74) is 6.71. The van der Waals surface area contributed by atoms with Gasteiger partial charge < -0.3 is 19.9 Å². The summed E-state index contributed by atoms with van der Waals surface area (Å²) in [6.07, 6.45) is 0. The van der Waals surface area contributed by atoms with Crippen LogP contribution in [0.1, 0.15) is 11.1 Å². The number of carbonyl (C=O) groups is 1. The number of nitrogens with zero attached hydrogens (tertiary/aromatic N) is 3. The molecule has 1 aromatic heterocycles. The summed E-state index contributed by atoms with van der Waals surface area (Å²) < 4.78 is 0. The van der Waals surface area contributed by atoms with Crippen molar-refractivity contribution in [1.29, 1.82) is 0 Å². The third-order valence-electron chi connectivity index (χ3n) is 6.47. The Hall–Kier alpha value is -4.68. The van der Waals surface area contributed by atoms with Crippen LogP contribution in [0.3, 0.4) is 0 Å². The number of rotatable bonds is 7. The number of anilines is 1. The number of nitrogens with one attached hydrogen (secondary N) is 1. The number of fused-ring (bicyclic) bond motifs is 1. The molecule has 0 unspecified atom stereocenters. The summed E-state index contributed by atoms with van der Waals surface area (Å²) in [5, 5.41) is 12.0. The molecule has 38 heavy (non-hydrogen) atoms. The van der Waals surface area contributed by atoms with Crippen LogP contribution in [0.4, 0.5) is 11.4 Å². The molecule has 6 heteroatoms. The van der Waals surface area contributed by atoms with Crippen LogP contribution in [0.5, 0.6) is 5.88 Å². The third-order valence-corrected chi connectivity index (χ3v) is 6.47. The summed E-state index contributed by atoms with van der Waals surface area (Å²) in [5.74, 6) is 0.0771. The Morgan fingerprint density at radius 1 is 0.816 bits per heavy atom. The van der Waals surface area contributed by atoms with Gasteiger partial charge >= 0.3 is 0 Å². The van der Waals surface area contributed by atoms with E-state index in [9.17, 15) is 9.90 Å². The van der Waals surface area contributed by atoms with E-state index >= 15 is 0 Å². The summed E-state index contributed by atoms with van der Waals surface area (Å²) in [7, 11) is 5.52. The zero-order valence-corrected chi connectivity index (χ0v) is 21.7. The van der Waals surface area contributed by atoms with Gasteiger partial charge in [-0.15, -0.1) is 0 Å². The lowest BCUT2D eigenvalue weighted by atomic mass is 9.98. The lowest BCUT2D eigenvalue weighted by molar-refractivity contribution is -0.118. The molecule has 0 radical (unpaired) electrons. The molecule has 0 bridgehead atoms. The van der Waals surface area contributed by atoms with Crippen LogP contribution in [-0.4, -0.2) is 54.3 Å². The number of hydrogen-bond donors (Lipinski definition) is 2. The van der Waals surface area contributed by atoms with Crippen LogP contribution in [0, 0.1) is 0 Å². The van der Waals surface area contributed by atoms with Gasteiger partial charge in [0.05, 0.1) is 23.5 Å². The Balaban J connectivity index is 1.56. The zero-order chi connectivity index (χ0) is 26.6. The average Bonchev–Trinajstić information content (AvgIpc) is 3.27. The van der Waals surface area contributed by atoms with E-state index in [2.05, 4.69) is 23.2 Å². The minimum atomic E-state index is 0.00909. The molecule has 1 heterocycles. The average molecular weight is 503 g/mol. The predicted molar refractivity (Wildman–Crippen MR) is 156 cm³/mol. The molecule has 5 aromatic rings. The quantitative estimate of drug-likeness (QED) is 0.259. The number of aromatic amines is 1. The second-order valence-corrected chi connectivity index (χ2v) is 9.51. The molecule has 5 rings (SSSR count). The SMILES string of the molecule is CN(C)CC(=O)N(C)c1ccc(N=C(c2ccccc2)c2c(O)[nH]c3cc(-c4ccccc4)ccc23)cc1. The fourth-order valence-electron chi connectivity index (χ4n) is 4.49. The van der Waals surface area contributed by atoms with Gasteiger partial charge in [-0.2, -0.15) is 0 Å². The van der Waals surface area contributed by atoms with E-state index in [-0.39, 0.29) is 11.8 Å². The van der Waals surface area contributed by atoms with E-state index < -0.39 is 0 Å². The molecule has 190 valence electrons. The topological polar surface area (TPSA) is 71.9 Å². The first-order chi connectivity index (χ1) is 18.4. The summed E-state index contributed by atoms with van der Waals surface area (Å²) >= 11 is 0. The summed E-state index contributed by atoms with van der Waals surface area (Å²) in [6, 6.07) is 33.7. The number of aromatic nitrogens is 1. The minimum absolute atomic E-state index is 0.00909. The largest absolute Gasteiger partial charge is 0.494 e. The third kappa shape index (κ3) is 5.21. The molecule has 1 amide bonds. The lowest BCUT2D eigenvalue weighted by Gasteiger charge is -2.19. The number of aliphatic imine (C=N–C) groups is 1. The number of aromatic hydroxyl groups is 1. The van der Waals surface area contributed by atoms with Crippen molar-refractivity contribution in [2.45, 2.75) is 0 Å². The Morgan fingerprint density at radius 3 is 2.13 bits per heavy atom. The second-order valence-electron chi connectivity index (χ2n) is 9.51. The number of likely N-dealkylation sites (N-methyl/N-ethyl adjacent to an activating group) is 2. The fraction of sp³-hybridized carbons (Fsp3) is 0.125. The van der Waals surface area contributed by atoms with Gasteiger partial charge in [-0.3, -0.25) is 4.79 Å². The lowest BCUT2D eigenvalue weighted by Crippen LogP contribution is -2.34. The molecule has 0 aliphatic heterocycles. The van der Waals surface area contributed by atoms with Crippen molar-refractivity contribution in [3.8, 4) is 17.0 Å². The van der Waals surface area contributed by atoms with Gasteiger partial charge in [-0.05, 0) is 55.6 Å². The number of carbonyl (C=O) groups excluding carboxylic acids is 1. The van der Waals surface area contributed by atoms with E-state index in [1.54, 1.807) is 11.9 Å². The van der Waals surface area contributed by atoms with Crippen LogP contribution < -0.4 is 4.90 Å². The minimum Gasteiger partial charge on any atom is -0.494 e. The number of hydrogen-bond acceptors (Lipinski definition) is 4. The van der Waals surface area contributed by atoms with Gasteiger partial charge in [0, 0.05) is 29.2 Å². The monoisotopic (exact) mass is 502 g/mol.